The fourth-order valence-electron chi connectivity index (χ4n) is 2.89. The molecular weight excluding hydrogens is 427 g/mol. The van der Waals surface area contributed by atoms with E-state index in [0.29, 0.717) is 38.9 Å². The number of carbonyl (C=O) groups is 1. The van der Waals surface area contributed by atoms with Gasteiger partial charge in [0.1, 0.15) is 18.0 Å². The molecule has 0 spiro atoms. The number of carbonyl (C=O) groups excluding carboxylic acids is 1. The van der Waals surface area contributed by atoms with Gasteiger partial charge in [0.25, 0.3) is 5.89 Å². The Kier molecular flexibility index (Phi) is 5.74. The number of aromatic nitrogens is 3. The van der Waals surface area contributed by atoms with Gasteiger partial charge in [-0.2, -0.15) is 4.98 Å². The number of hydrogen-bond donors (Lipinski definition) is 1. The van der Waals surface area contributed by atoms with Gasteiger partial charge in [0.05, 0.1) is 12.1 Å². The summed E-state index contributed by atoms with van der Waals surface area (Å²) < 4.78 is 12.2. The molecule has 2 aromatic heterocycles. The lowest BCUT2D eigenvalue weighted by Gasteiger charge is -2.09. The van der Waals surface area contributed by atoms with Crippen molar-refractivity contribution in [1.29, 1.82) is 0 Å². The van der Waals surface area contributed by atoms with E-state index < -0.39 is 0 Å². The predicted octanol–water partition coefficient (Wildman–Crippen LogP) is 5.16. The number of nitrogens with zero attached hydrogens (tertiary/aromatic N) is 3. The highest BCUT2D eigenvalue weighted by atomic mass is 35.5. The van der Waals surface area contributed by atoms with Gasteiger partial charge in [0.15, 0.2) is 0 Å². The number of nitrogens with one attached hydrogen (secondary N) is 1. The third-order valence-electron chi connectivity index (χ3n) is 4.33. The van der Waals surface area contributed by atoms with Crippen molar-refractivity contribution in [2.75, 3.05) is 12.4 Å². The van der Waals surface area contributed by atoms with E-state index in [1.165, 1.54) is 7.11 Å². The molecule has 152 valence electrons. The van der Waals surface area contributed by atoms with E-state index in [0.717, 1.165) is 5.56 Å². The standard InChI is InChI=1S/C21H16Cl2N4O3/c1-29-18-9-8-15(11-16(18)23)24-19(28)12-27-10-2-3-17(27)21-25-20(26-30-21)13-4-6-14(22)7-5-13/h2-11H,12H2,1H3,(H,24,28). The lowest BCUT2D eigenvalue weighted by Crippen LogP contribution is -2.18. The molecule has 0 aliphatic rings. The Hall–Kier alpha value is -3.29. The Balaban J connectivity index is 1.49. The molecule has 30 heavy (non-hydrogen) atoms. The summed E-state index contributed by atoms with van der Waals surface area (Å²) in [5.74, 6) is 1.05. The maximum Gasteiger partial charge on any atom is 0.274 e. The number of halogens is 2. The molecule has 4 aromatic rings. The van der Waals surface area contributed by atoms with Crippen LogP contribution in [0.4, 0.5) is 5.69 Å². The van der Waals surface area contributed by atoms with Gasteiger partial charge in [-0.3, -0.25) is 4.79 Å². The average molecular weight is 443 g/mol. The summed E-state index contributed by atoms with van der Waals surface area (Å²) in [6, 6.07) is 15.8. The Morgan fingerprint density at radius 2 is 1.97 bits per heavy atom. The van der Waals surface area contributed by atoms with E-state index in [4.69, 9.17) is 32.5 Å². The predicted molar refractivity (Wildman–Crippen MR) is 115 cm³/mol. The van der Waals surface area contributed by atoms with Crippen LogP contribution >= 0.6 is 23.2 Å². The monoisotopic (exact) mass is 442 g/mol. The Labute approximate surface area is 182 Å². The van der Waals surface area contributed by atoms with Crippen molar-refractivity contribution in [2.24, 2.45) is 0 Å². The topological polar surface area (TPSA) is 82.2 Å². The van der Waals surface area contributed by atoms with E-state index >= 15 is 0 Å². The van der Waals surface area contributed by atoms with Crippen molar-refractivity contribution in [3.63, 3.8) is 0 Å². The van der Waals surface area contributed by atoms with Crippen LogP contribution in [0.3, 0.4) is 0 Å². The van der Waals surface area contributed by atoms with Crippen LogP contribution in [0.2, 0.25) is 10.0 Å². The van der Waals surface area contributed by atoms with E-state index in [2.05, 4.69) is 15.5 Å². The van der Waals surface area contributed by atoms with Gasteiger partial charge in [-0.05, 0) is 54.6 Å². The number of benzene rings is 2. The van der Waals surface area contributed by atoms with E-state index in [1.807, 2.05) is 12.1 Å². The molecule has 4 rings (SSSR count). The van der Waals surface area contributed by atoms with Gasteiger partial charge < -0.3 is 19.1 Å². The van der Waals surface area contributed by atoms with Crippen LogP contribution in [0, 0.1) is 0 Å². The second-order valence-corrected chi connectivity index (χ2v) is 7.19. The molecule has 0 unspecified atom stereocenters. The Bertz CT molecular complexity index is 1190. The van der Waals surface area contributed by atoms with Crippen LogP contribution in [-0.4, -0.2) is 27.7 Å². The van der Waals surface area contributed by atoms with Gasteiger partial charge in [0.2, 0.25) is 11.7 Å². The number of anilines is 1. The molecule has 9 heteroatoms. The third kappa shape index (κ3) is 4.32. The van der Waals surface area contributed by atoms with Crippen molar-refractivity contribution in [2.45, 2.75) is 6.54 Å². The first-order valence-corrected chi connectivity index (χ1v) is 9.67. The summed E-state index contributed by atoms with van der Waals surface area (Å²) in [5.41, 5.74) is 1.98. The molecule has 0 saturated carbocycles. The molecule has 0 bridgehead atoms. The minimum Gasteiger partial charge on any atom is -0.495 e. The number of amides is 1. The van der Waals surface area contributed by atoms with Crippen LogP contribution in [-0.2, 0) is 11.3 Å². The number of hydrogen-bond acceptors (Lipinski definition) is 5. The maximum atomic E-state index is 12.5. The number of methoxy groups -OCH3 is 1. The Morgan fingerprint density at radius 3 is 2.70 bits per heavy atom. The van der Waals surface area contributed by atoms with Gasteiger partial charge in [-0.15, -0.1) is 0 Å². The molecule has 2 aromatic carbocycles. The minimum absolute atomic E-state index is 0.0602. The van der Waals surface area contributed by atoms with Crippen molar-refractivity contribution in [3.05, 3.63) is 70.8 Å². The molecule has 0 aliphatic heterocycles. The zero-order chi connectivity index (χ0) is 21.1. The molecule has 0 radical (unpaired) electrons. The maximum absolute atomic E-state index is 12.5. The summed E-state index contributed by atoms with van der Waals surface area (Å²) in [7, 11) is 1.53. The highest BCUT2D eigenvalue weighted by Gasteiger charge is 2.16. The highest BCUT2D eigenvalue weighted by molar-refractivity contribution is 6.32. The average Bonchev–Trinajstić information content (AvgIpc) is 3.38. The summed E-state index contributed by atoms with van der Waals surface area (Å²) in [6.45, 7) is 0.0602. The number of rotatable bonds is 6. The van der Waals surface area contributed by atoms with Crippen molar-refractivity contribution in [3.8, 4) is 28.7 Å². The van der Waals surface area contributed by atoms with Crippen molar-refractivity contribution in [1.82, 2.24) is 14.7 Å². The summed E-state index contributed by atoms with van der Waals surface area (Å²) in [4.78, 5) is 16.9. The zero-order valence-electron chi connectivity index (χ0n) is 15.8. The lowest BCUT2D eigenvalue weighted by atomic mass is 10.2. The summed E-state index contributed by atoms with van der Waals surface area (Å²) in [5, 5.41) is 7.86. The molecule has 1 N–H and O–H groups in total. The first-order valence-electron chi connectivity index (χ1n) is 8.92. The molecular formula is C21H16Cl2N4O3. The lowest BCUT2D eigenvalue weighted by molar-refractivity contribution is -0.116. The SMILES string of the molecule is COc1ccc(NC(=O)Cn2cccc2-c2nc(-c3ccc(Cl)cc3)no2)cc1Cl. The molecule has 2 heterocycles. The summed E-state index contributed by atoms with van der Waals surface area (Å²) in [6.07, 6.45) is 1.77. The second-order valence-electron chi connectivity index (χ2n) is 6.35. The smallest absolute Gasteiger partial charge is 0.274 e. The van der Waals surface area contributed by atoms with Crippen LogP contribution in [0.15, 0.2) is 65.3 Å². The van der Waals surface area contributed by atoms with Gasteiger partial charge in [0, 0.05) is 22.5 Å². The summed E-state index contributed by atoms with van der Waals surface area (Å²) >= 11 is 12.0. The largest absolute Gasteiger partial charge is 0.495 e. The molecule has 0 saturated heterocycles. The van der Waals surface area contributed by atoms with Gasteiger partial charge in [-0.1, -0.05) is 28.4 Å². The first kappa shape index (κ1) is 20.0. The Morgan fingerprint density at radius 1 is 1.17 bits per heavy atom. The van der Waals surface area contributed by atoms with Crippen LogP contribution in [0.1, 0.15) is 0 Å². The van der Waals surface area contributed by atoms with Gasteiger partial charge >= 0.3 is 0 Å². The fourth-order valence-corrected chi connectivity index (χ4v) is 3.27. The molecule has 0 aliphatic carbocycles. The van der Waals surface area contributed by atoms with Crippen LogP contribution in [0.5, 0.6) is 5.75 Å². The molecule has 0 fully saturated rings. The van der Waals surface area contributed by atoms with Crippen LogP contribution < -0.4 is 10.1 Å². The molecule has 7 nitrogen and oxygen atoms in total. The quantitative estimate of drug-likeness (QED) is 0.445. The number of ether oxygens (including phenoxy) is 1. The second kappa shape index (κ2) is 8.61. The van der Waals surface area contributed by atoms with E-state index in [1.54, 1.807) is 53.2 Å². The zero-order valence-corrected chi connectivity index (χ0v) is 17.3. The molecule has 1 amide bonds. The van der Waals surface area contributed by atoms with Crippen LogP contribution in [0.25, 0.3) is 23.0 Å². The minimum atomic E-state index is -0.230. The molecule has 0 atom stereocenters. The first-order chi connectivity index (χ1) is 14.5. The highest BCUT2D eigenvalue weighted by Crippen LogP contribution is 2.27. The normalized spacial score (nSPS) is 10.8. The fraction of sp³-hybridized carbons (Fsp3) is 0.0952. The van der Waals surface area contributed by atoms with Crippen molar-refractivity contribution >= 4 is 34.8 Å². The third-order valence-corrected chi connectivity index (χ3v) is 4.87. The van der Waals surface area contributed by atoms with Gasteiger partial charge in [-0.25, -0.2) is 0 Å². The van der Waals surface area contributed by atoms with E-state index in [-0.39, 0.29) is 12.5 Å². The van der Waals surface area contributed by atoms with Crippen molar-refractivity contribution < 1.29 is 14.1 Å². The van der Waals surface area contributed by atoms with E-state index in [9.17, 15) is 4.79 Å².